The molecule has 1 saturated carbocycles. The lowest BCUT2D eigenvalue weighted by Crippen LogP contribution is -2.62. The second-order valence-corrected chi connectivity index (χ2v) is 25.6. The molecule has 21 nitrogen and oxygen atoms in total. The number of primary amides is 1. The third-order valence-corrected chi connectivity index (χ3v) is 19.2. The van der Waals surface area contributed by atoms with Crippen LogP contribution in [0.2, 0.25) is 0 Å². The molecular weight excluding hydrogens is 1160 g/mol. The summed E-state index contributed by atoms with van der Waals surface area (Å²) in [5.74, 6) is 0.673. The van der Waals surface area contributed by atoms with E-state index >= 15 is 0 Å². The van der Waals surface area contributed by atoms with Crippen molar-refractivity contribution in [2.45, 2.75) is 157 Å². The molecule has 1 aliphatic carbocycles. The van der Waals surface area contributed by atoms with Crippen molar-refractivity contribution in [2.75, 3.05) is 32.7 Å². The van der Waals surface area contributed by atoms with Crippen LogP contribution in [0.4, 0.5) is 22.0 Å². The molecule has 5 aliphatic heterocycles. The number of likely N-dealkylation sites (tertiary alicyclic amines) is 1. The Morgan fingerprint density at radius 1 is 0.882 bits per heavy atom. The number of rotatable bonds is 17. The Morgan fingerprint density at radius 3 is 2.32 bits per heavy atom. The zero-order valence-corrected chi connectivity index (χ0v) is 48.0. The molecule has 3 aromatic rings. The Kier molecular flexibility index (Phi) is 19.2. The summed E-state index contributed by atoms with van der Waals surface area (Å²) in [7, 11) is -5.96. The zero-order chi connectivity index (χ0) is 61.1. The summed E-state index contributed by atoms with van der Waals surface area (Å²) in [5.41, 5.74) is 1.81. The molecule has 28 heteroatoms. The molecule has 6 atom stereocenters. The molecule has 5 fully saturated rings. The van der Waals surface area contributed by atoms with E-state index in [1.165, 1.54) is 9.80 Å². The van der Waals surface area contributed by atoms with E-state index in [9.17, 15) is 79.5 Å². The minimum atomic E-state index is -5.96. The Hall–Kier alpha value is -6.85. The summed E-state index contributed by atoms with van der Waals surface area (Å²) in [6, 6.07) is 2.10. The van der Waals surface area contributed by atoms with Crippen LogP contribution in [0.1, 0.15) is 139 Å². The van der Waals surface area contributed by atoms with Gasteiger partial charge in [0.25, 0.3) is 11.8 Å². The molecule has 9 amide bonds. The first-order valence-corrected chi connectivity index (χ1v) is 31.0. The van der Waals surface area contributed by atoms with Gasteiger partial charge in [-0.15, -0.1) is 11.3 Å². The molecule has 0 spiro atoms. The number of piperidine rings is 2. The van der Waals surface area contributed by atoms with Gasteiger partial charge in [0, 0.05) is 79.4 Å². The van der Waals surface area contributed by atoms with Crippen molar-refractivity contribution in [3.63, 3.8) is 0 Å². The van der Waals surface area contributed by atoms with Crippen LogP contribution >= 0.6 is 18.9 Å². The number of hydrogen-bond donors (Lipinski definition) is 7. The van der Waals surface area contributed by atoms with Crippen molar-refractivity contribution in [1.29, 1.82) is 0 Å². The van der Waals surface area contributed by atoms with Gasteiger partial charge in [-0.1, -0.05) is 43.2 Å². The molecule has 9 rings (SSSR count). The summed E-state index contributed by atoms with van der Waals surface area (Å²) in [6.07, 6.45) is 1.60. The molecule has 6 aliphatic rings. The average Bonchev–Trinajstić information content (AvgIpc) is 3.12. The maximum absolute atomic E-state index is 14.7. The number of benzene rings is 2. The van der Waals surface area contributed by atoms with Crippen LogP contribution in [0.5, 0.6) is 0 Å². The van der Waals surface area contributed by atoms with E-state index in [1.807, 2.05) is 6.07 Å². The smallest absolute Gasteiger partial charge is 0.370 e. The lowest BCUT2D eigenvalue weighted by atomic mass is 9.82. The van der Waals surface area contributed by atoms with Gasteiger partial charge >= 0.3 is 19.4 Å². The van der Waals surface area contributed by atoms with Crippen molar-refractivity contribution in [3.8, 4) is 11.8 Å². The molecule has 458 valence electrons. The van der Waals surface area contributed by atoms with Gasteiger partial charge in [0.15, 0.2) is 0 Å². The highest BCUT2D eigenvalue weighted by Crippen LogP contribution is 2.59. The minimum absolute atomic E-state index is 0.0000540. The number of carbonyl (C=O) groups excluding carboxylic acids is 9. The van der Waals surface area contributed by atoms with E-state index in [0.717, 1.165) is 71.7 Å². The predicted molar refractivity (Wildman–Crippen MR) is 297 cm³/mol. The number of alkyl halides is 5. The van der Waals surface area contributed by atoms with Crippen LogP contribution in [0, 0.1) is 23.7 Å². The third-order valence-electron chi connectivity index (χ3n) is 17.1. The van der Waals surface area contributed by atoms with Crippen molar-refractivity contribution in [2.24, 2.45) is 17.6 Å². The summed E-state index contributed by atoms with van der Waals surface area (Å²) in [6.45, 7) is -1.31. The highest BCUT2D eigenvalue weighted by atomic mass is 32.1. The molecule has 8 N–H and O–H groups in total. The second-order valence-electron chi connectivity index (χ2n) is 22.9. The molecule has 0 radical (unpaired) electrons. The quantitative estimate of drug-likeness (QED) is 0.0425. The summed E-state index contributed by atoms with van der Waals surface area (Å²) in [4.78, 5) is 146. The van der Waals surface area contributed by atoms with Crippen LogP contribution in [0.25, 0.3) is 10.1 Å². The number of amides is 9. The molecule has 4 saturated heterocycles. The van der Waals surface area contributed by atoms with Gasteiger partial charge in [-0.25, -0.2) is 0 Å². The second kappa shape index (κ2) is 26.0. The number of halogens is 5. The van der Waals surface area contributed by atoms with Gasteiger partial charge < -0.3 is 46.2 Å². The normalized spacial score (nSPS) is 22.8. The van der Waals surface area contributed by atoms with Crippen molar-refractivity contribution < 1.29 is 79.5 Å². The maximum atomic E-state index is 14.7. The summed E-state index contributed by atoms with van der Waals surface area (Å²) >= 11 is 0.761. The lowest BCUT2D eigenvalue weighted by molar-refractivity contribution is -0.154. The number of carbonyl (C=O) groups is 9. The minimum Gasteiger partial charge on any atom is -0.370 e. The Labute approximate surface area is 489 Å². The molecule has 85 heavy (non-hydrogen) atoms. The van der Waals surface area contributed by atoms with E-state index in [-0.39, 0.29) is 103 Å². The molecule has 1 aromatic heterocycles. The fraction of sp³-hybridized carbons (Fsp3) is 0.561. The van der Waals surface area contributed by atoms with Crippen LogP contribution in [0.15, 0.2) is 42.5 Å². The van der Waals surface area contributed by atoms with Crippen LogP contribution < -0.4 is 27.0 Å². The summed E-state index contributed by atoms with van der Waals surface area (Å²) in [5, 5.41) is 10.4. The molecule has 1 unspecified atom stereocenters. The zero-order valence-electron chi connectivity index (χ0n) is 46.3. The number of nitrogens with two attached hydrogens (primary N) is 1. The Bertz CT molecular complexity index is 3240. The first kappa shape index (κ1) is 62.7. The standard InChI is InChI=1S/C57H67F5N9O12PS/c58-56(59,60)31-68-24-23-37-14-16-43(71(37)54(79)41(30-68)65-52(77)45-28-35-27-36(13-18-44(35)85-45)57(61,62)84(81,82)83)51(76)64-40(15-19-46(63)72)49(74)67-48(34-9-2-1-3-10-34)55(80)69-25-21-32(22-26-69)7-4-5-8-33-11-6-12-38-39(33)29-70(53(38)78)42-17-20-47(73)66-50(42)75/h6,11-13,18,27-28,32,34,37,40-43,48H,1-4,7,9-10,14-17,19-26,29-31H2,(H2,63,72)(H,64,76)(H,65,77)(H,67,74)(H,66,73,75)(H2,81,82,83)/t37-,40+,41+,42?,43+,48+/m1/s1. The first-order valence-electron chi connectivity index (χ1n) is 28.6. The largest absolute Gasteiger partial charge is 0.401 e. The highest BCUT2D eigenvalue weighted by molar-refractivity contribution is 7.52. The topological polar surface area (TPSA) is 298 Å². The molecule has 0 bridgehead atoms. The lowest BCUT2D eigenvalue weighted by Gasteiger charge is -2.39. The molecular formula is C57H67F5N9O12PS. The number of nitrogens with zero attached hydrogens (tertiary/aromatic N) is 4. The van der Waals surface area contributed by atoms with Gasteiger partial charge in [-0.2, -0.15) is 22.0 Å². The maximum Gasteiger partial charge on any atom is 0.401 e. The number of hydrogen-bond acceptors (Lipinski definition) is 12. The van der Waals surface area contributed by atoms with Gasteiger partial charge in [0.2, 0.25) is 41.4 Å². The van der Waals surface area contributed by atoms with Gasteiger partial charge in [0.05, 0.1) is 11.4 Å². The first-order chi connectivity index (χ1) is 40.3. The van der Waals surface area contributed by atoms with Crippen LogP contribution in [-0.4, -0.2) is 158 Å². The van der Waals surface area contributed by atoms with Crippen LogP contribution in [-0.2, 0) is 50.3 Å². The van der Waals surface area contributed by atoms with E-state index < -0.39 is 110 Å². The number of imide groups is 1. The van der Waals surface area contributed by atoms with E-state index in [0.29, 0.717) is 56.3 Å². The number of nitrogens with one attached hydrogen (secondary N) is 4. The fourth-order valence-corrected chi connectivity index (χ4v) is 14.1. The number of fused-ring (bicyclic) bond motifs is 3. The predicted octanol–water partition coefficient (Wildman–Crippen LogP) is 4.50. The average molecular weight is 1230 g/mol. The van der Waals surface area contributed by atoms with E-state index in [2.05, 4.69) is 33.1 Å². The van der Waals surface area contributed by atoms with Crippen molar-refractivity contribution in [1.82, 2.24) is 40.9 Å². The van der Waals surface area contributed by atoms with Crippen molar-refractivity contribution >= 4 is 82.2 Å². The van der Waals surface area contributed by atoms with Crippen molar-refractivity contribution in [3.05, 3.63) is 69.6 Å². The van der Waals surface area contributed by atoms with Gasteiger partial charge in [-0.3, -0.25) is 57.9 Å². The summed E-state index contributed by atoms with van der Waals surface area (Å²) < 4.78 is 82.7. The Morgan fingerprint density at radius 2 is 1.62 bits per heavy atom. The van der Waals surface area contributed by atoms with E-state index in [4.69, 9.17) is 5.73 Å². The highest BCUT2D eigenvalue weighted by Gasteiger charge is 2.51. The van der Waals surface area contributed by atoms with Crippen LogP contribution in [0.3, 0.4) is 0 Å². The SMILES string of the molecule is NC(=O)CC[C@H](NC(=O)[C@@H]1CC[C@@H]2CCN(CC(F)(F)F)C[C@H](NC(=O)c3cc4cc(C(F)(F)P(=O)(O)O)ccc4s3)C(=O)N21)C(=O)N[C@H](C(=O)N1CCC(CCC#Cc2cccc3c2CN(C2CCC(=O)NC2=O)C3=O)CC1)C1CCCCC1. The Balaban J connectivity index is 0.848. The van der Waals surface area contributed by atoms with Gasteiger partial charge in [0.1, 0.15) is 30.2 Å². The number of thiophene rings is 1. The monoisotopic (exact) mass is 1230 g/mol. The third kappa shape index (κ3) is 14.5. The molecule has 2 aromatic carbocycles. The van der Waals surface area contributed by atoms with E-state index in [1.54, 1.807) is 17.0 Å². The molecule has 6 heterocycles. The van der Waals surface area contributed by atoms with Gasteiger partial charge in [-0.05, 0) is 117 Å². The fourth-order valence-electron chi connectivity index (χ4n) is 12.6.